The molecule has 2 atom stereocenters. The Hall–Kier alpha value is -2.77. The van der Waals surface area contributed by atoms with Gasteiger partial charge in [-0.25, -0.2) is 0 Å². The molecule has 0 bridgehead atoms. The van der Waals surface area contributed by atoms with Crippen LogP contribution < -0.4 is 19.5 Å². The minimum atomic E-state index is -0.0359. The van der Waals surface area contributed by atoms with Crippen LogP contribution in [0.4, 0.5) is 0 Å². The van der Waals surface area contributed by atoms with Crippen LogP contribution in [-0.2, 0) is 17.9 Å². The van der Waals surface area contributed by atoms with E-state index >= 15 is 0 Å². The van der Waals surface area contributed by atoms with Crippen molar-refractivity contribution in [1.82, 2.24) is 15.1 Å². The van der Waals surface area contributed by atoms with Gasteiger partial charge in [0, 0.05) is 38.3 Å². The zero-order valence-corrected chi connectivity index (χ0v) is 21.3. The minimum Gasteiger partial charge on any atom is -0.496 e. The van der Waals surface area contributed by atoms with Gasteiger partial charge in [-0.3, -0.25) is 9.69 Å². The Bertz CT molecular complexity index is 976. The highest BCUT2D eigenvalue weighted by Gasteiger charge is 2.33. The van der Waals surface area contributed by atoms with Gasteiger partial charge in [-0.15, -0.1) is 0 Å². The first-order valence-electron chi connectivity index (χ1n) is 12.6. The van der Waals surface area contributed by atoms with Crippen LogP contribution in [-0.4, -0.2) is 69.8 Å². The standard InChI is InChI=1S/C28H39N3O4/c1-33-25-9-5-4-8-23(25)16-29-28(32)24-14-22(18-30-12-6-7-13-30)19-31(20-24)17-21-10-11-26(34-2)27(15-21)35-3/h4-5,8-11,15,22,24H,6-7,12-14,16-20H2,1-3H3,(H,29,32)/t22-,24-/m1/s1. The van der Waals surface area contributed by atoms with Crippen LogP contribution in [0.3, 0.4) is 0 Å². The molecule has 2 aliphatic rings. The zero-order valence-electron chi connectivity index (χ0n) is 21.3. The van der Waals surface area contributed by atoms with Crippen LogP contribution in [0.5, 0.6) is 17.2 Å². The molecule has 7 heteroatoms. The van der Waals surface area contributed by atoms with E-state index in [-0.39, 0.29) is 11.8 Å². The maximum absolute atomic E-state index is 13.3. The Morgan fingerprint density at radius 2 is 1.66 bits per heavy atom. The summed E-state index contributed by atoms with van der Waals surface area (Å²) in [6.45, 7) is 6.44. The van der Waals surface area contributed by atoms with Crippen molar-refractivity contribution in [3.8, 4) is 17.2 Å². The lowest BCUT2D eigenvalue weighted by Gasteiger charge is -2.38. The van der Waals surface area contributed by atoms with E-state index in [9.17, 15) is 4.79 Å². The molecular weight excluding hydrogens is 442 g/mol. The minimum absolute atomic E-state index is 0.0359. The number of carbonyl (C=O) groups is 1. The molecule has 2 aliphatic heterocycles. The molecule has 35 heavy (non-hydrogen) atoms. The Morgan fingerprint density at radius 3 is 2.40 bits per heavy atom. The van der Waals surface area contributed by atoms with Crippen molar-refractivity contribution >= 4 is 5.91 Å². The van der Waals surface area contributed by atoms with Gasteiger partial charge in [-0.1, -0.05) is 24.3 Å². The summed E-state index contributed by atoms with van der Waals surface area (Å²) in [4.78, 5) is 18.3. The third-order valence-electron chi connectivity index (χ3n) is 7.20. The smallest absolute Gasteiger partial charge is 0.224 e. The maximum atomic E-state index is 13.3. The van der Waals surface area contributed by atoms with Gasteiger partial charge in [-0.05, 0) is 62.0 Å². The van der Waals surface area contributed by atoms with Crippen molar-refractivity contribution in [3.63, 3.8) is 0 Å². The van der Waals surface area contributed by atoms with E-state index in [0.717, 1.165) is 61.0 Å². The third kappa shape index (κ3) is 6.67. The number of ether oxygens (including phenoxy) is 3. The highest BCUT2D eigenvalue weighted by atomic mass is 16.5. The van der Waals surface area contributed by atoms with Crippen molar-refractivity contribution in [2.75, 3.05) is 54.1 Å². The molecule has 0 spiro atoms. The number of carbonyl (C=O) groups excluding carboxylic acids is 1. The van der Waals surface area contributed by atoms with Gasteiger partial charge in [0.05, 0.1) is 27.2 Å². The largest absolute Gasteiger partial charge is 0.496 e. The summed E-state index contributed by atoms with van der Waals surface area (Å²) in [5, 5.41) is 3.18. The molecule has 0 radical (unpaired) electrons. The number of methoxy groups -OCH3 is 3. The topological polar surface area (TPSA) is 63.3 Å². The lowest BCUT2D eigenvalue weighted by atomic mass is 9.87. The normalized spacial score (nSPS) is 21.0. The van der Waals surface area contributed by atoms with Crippen molar-refractivity contribution in [3.05, 3.63) is 53.6 Å². The SMILES string of the molecule is COc1ccccc1CNC(=O)[C@@H]1C[C@H](CN2CCCC2)CN(Cc2ccc(OC)c(OC)c2)C1. The molecule has 0 unspecified atom stereocenters. The predicted molar refractivity (Wildman–Crippen MR) is 137 cm³/mol. The number of piperidine rings is 1. The van der Waals surface area contributed by atoms with Gasteiger partial charge in [0.15, 0.2) is 11.5 Å². The van der Waals surface area contributed by atoms with Crippen LogP contribution in [0.1, 0.15) is 30.4 Å². The summed E-state index contributed by atoms with van der Waals surface area (Å²) >= 11 is 0. The highest BCUT2D eigenvalue weighted by molar-refractivity contribution is 5.79. The van der Waals surface area contributed by atoms with Crippen molar-refractivity contribution in [2.45, 2.75) is 32.4 Å². The van der Waals surface area contributed by atoms with Crippen molar-refractivity contribution in [1.29, 1.82) is 0 Å². The summed E-state index contributed by atoms with van der Waals surface area (Å²) in [6.07, 6.45) is 3.49. The van der Waals surface area contributed by atoms with Gasteiger partial charge in [0.25, 0.3) is 0 Å². The maximum Gasteiger partial charge on any atom is 0.224 e. The summed E-state index contributed by atoms with van der Waals surface area (Å²) in [6, 6.07) is 13.9. The van der Waals surface area contributed by atoms with E-state index < -0.39 is 0 Å². The predicted octanol–water partition coefficient (Wildman–Crippen LogP) is 3.56. The summed E-state index contributed by atoms with van der Waals surface area (Å²) in [5.41, 5.74) is 2.16. The van der Waals surface area contributed by atoms with E-state index in [1.165, 1.54) is 25.9 Å². The number of hydrogen-bond donors (Lipinski definition) is 1. The molecule has 2 aromatic carbocycles. The Balaban J connectivity index is 1.44. The molecular formula is C28H39N3O4. The number of nitrogens with zero attached hydrogens (tertiary/aromatic N) is 2. The highest BCUT2D eigenvalue weighted by Crippen LogP contribution is 2.30. The average Bonchev–Trinajstić information content (AvgIpc) is 3.40. The molecule has 2 heterocycles. The van der Waals surface area contributed by atoms with Crippen molar-refractivity contribution < 1.29 is 19.0 Å². The summed E-state index contributed by atoms with van der Waals surface area (Å²) in [7, 11) is 4.98. The van der Waals surface area contributed by atoms with Crippen LogP contribution >= 0.6 is 0 Å². The van der Waals surface area contributed by atoms with E-state index in [4.69, 9.17) is 14.2 Å². The van der Waals surface area contributed by atoms with E-state index in [1.54, 1.807) is 21.3 Å². The molecule has 1 amide bonds. The molecule has 2 fully saturated rings. The number of para-hydroxylation sites is 1. The van der Waals surface area contributed by atoms with Crippen LogP contribution in [0.2, 0.25) is 0 Å². The zero-order chi connectivity index (χ0) is 24.6. The van der Waals surface area contributed by atoms with Gasteiger partial charge in [0.2, 0.25) is 5.91 Å². The van der Waals surface area contributed by atoms with Crippen molar-refractivity contribution in [2.24, 2.45) is 11.8 Å². The number of likely N-dealkylation sites (tertiary alicyclic amines) is 2. The number of hydrogen-bond acceptors (Lipinski definition) is 6. The number of benzene rings is 2. The second-order valence-electron chi connectivity index (χ2n) is 9.72. The van der Waals surface area contributed by atoms with Gasteiger partial charge in [0.1, 0.15) is 5.75 Å². The Kier molecular flexibility index (Phi) is 8.88. The summed E-state index contributed by atoms with van der Waals surface area (Å²) in [5.74, 6) is 2.84. The fourth-order valence-corrected chi connectivity index (χ4v) is 5.50. The molecule has 0 saturated carbocycles. The Labute approximate surface area is 209 Å². The van der Waals surface area contributed by atoms with Crippen LogP contribution in [0, 0.1) is 11.8 Å². The Morgan fingerprint density at radius 1 is 0.914 bits per heavy atom. The number of amides is 1. The van der Waals surface area contributed by atoms with Crippen LogP contribution in [0.25, 0.3) is 0 Å². The second kappa shape index (κ2) is 12.3. The quantitative estimate of drug-likeness (QED) is 0.560. The molecule has 4 rings (SSSR count). The molecule has 2 saturated heterocycles. The summed E-state index contributed by atoms with van der Waals surface area (Å²) < 4.78 is 16.3. The number of rotatable bonds is 10. The van der Waals surface area contributed by atoms with E-state index in [1.807, 2.05) is 36.4 Å². The number of nitrogens with one attached hydrogen (secondary N) is 1. The first kappa shape index (κ1) is 25.3. The fourth-order valence-electron chi connectivity index (χ4n) is 5.50. The van der Waals surface area contributed by atoms with E-state index in [0.29, 0.717) is 12.5 Å². The van der Waals surface area contributed by atoms with Gasteiger partial charge in [-0.2, -0.15) is 0 Å². The monoisotopic (exact) mass is 481 g/mol. The van der Waals surface area contributed by atoms with Gasteiger partial charge < -0.3 is 24.4 Å². The molecule has 0 aromatic heterocycles. The molecule has 0 aliphatic carbocycles. The first-order chi connectivity index (χ1) is 17.1. The third-order valence-corrected chi connectivity index (χ3v) is 7.20. The van der Waals surface area contributed by atoms with E-state index in [2.05, 4.69) is 21.2 Å². The van der Waals surface area contributed by atoms with Crippen LogP contribution in [0.15, 0.2) is 42.5 Å². The second-order valence-corrected chi connectivity index (χ2v) is 9.72. The lowest BCUT2D eigenvalue weighted by Crippen LogP contribution is -2.48. The fraction of sp³-hybridized carbons (Fsp3) is 0.536. The average molecular weight is 482 g/mol. The first-order valence-corrected chi connectivity index (χ1v) is 12.6. The molecule has 1 N–H and O–H groups in total. The van der Waals surface area contributed by atoms with Gasteiger partial charge >= 0.3 is 0 Å². The molecule has 7 nitrogen and oxygen atoms in total. The molecule has 190 valence electrons. The lowest BCUT2D eigenvalue weighted by molar-refractivity contribution is -0.127. The molecule has 2 aromatic rings.